The maximum atomic E-state index is 12.3. The molecule has 0 aliphatic carbocycles. The van der Waals surface area contributed by atoms with Crippen molar-refractivity contribution in [2.24, 2.45) is 0 Å². The van der Waals surface area contributed by atoms with Gasteiger partial charge in [0.2, 0.25) is 9.84 Å². The molecule has 0 atom stereocenters. The molecule has 0 aliphatic heterocycles. The van der Waals surface area contributed by atoms with Gasteiger partial charge in [0.25, 0.3) is 11.8 Å². The second-order valence-corrected chi connectivity index (χ2v) is 48.3. The molecule has 0 saturated carbocycles. The van der Waals surface area contributed by atoms with Crippen LogP contribution in [0.4, 0.5) is 11.4 Å². The van der Waals surface area contributed by atoms with E-state index in [1.165, 1.54) is 126 Å². The van der Waals surface area contributed by atoms with Crippen LogP contribution in [-0.4, -0.2) is 41.5 Å². The summed E-state index contributed by atoms with van der Waals surface area (Å²) >= 11 is 0. The van der Waals surface area contributed by atoms with Crippen LogP contribution in [0.25, 0.3) is 0 Å². The summed E-state index contributed by atoms with van der Waals surface area (Å²) < 4.78 is 24.5. The predicted molar refractivity (Wildman–Crippen MR) is 623 cm³/mol. The van der Waals surface area contributed by atoms with Gasteiger partial charge in [0, 0.05) is 22.5 Å². The fourth-order valence-corrected chi connectivity index (χ4v) is 21.5. The minimum atomic E-state index is -3.37. The van der Waals surface area contributed by atoms with Gasteiger partial charge < -0.3 is 15.7 Å². The maximum Gasteiger partial charge on any atom is 0.255 e. The lowest BCUT2D eigenvalue weighted by atomic mass is 9.95. The summed E-state index contributed by atoms with van der Waals surface area (Å²) in [5.41, 5.74) is 36.0. The lowest BCUT2D eigenvalue weighted by Gasteiger charge is -2.24. The molecule has 10 heteroatoms. The summed E-state index contributed by atoms with van der Waals surface area (Å²) in [4.78, 5) is 24.5. The zero-order valence-corrected chi connectivity index (χ0v) is 86.9. The Balaban J connectivity index is 0.000000412. The average molecular weight is 1940 g/mol. The molecule has 141 heavy (non-hydrogen) atoms. The fourth-order valence-electron chi connectivity index (χ4n) is 15.3. The van der Waals surface area contributed by atoms with Crippen LogP contribution in [0.3, 0.4) is 0 Å². The van der Waals surface area contributed by atoms with E-state index in [4.69, 9.17) is 0 Å². The number of benzene rings is 16. The number of nitrogens with one attached hydrogen (secondary N) is 2. The van der Waals surface area contributed by atoms with Crippen LogP contribution in [0, 0.1) is 138 Å². The van der Waals surface area contributed by atoms with Crippen molar-refractivity contribution in [1.82, 2.24) is 0 Å². The molecule has 0 aliphatic rings. The highest BCUT2D eigenvalue weighted by molar-refractivity contribution is 7.91. The Morgan fingerprint density at radius 2 is 0.518 bits per heavy atom. The molecule has 0 saturated heterocycles. The van der Waals surface area contributed by atoms with Crippen molar-refractivity contribution in [3.63, 3.8) is 0 Å². The van der Waals surface area contributed by atoms with E-state index in [1.54, 1.807) is 48.5 Å². The van der Waals surface area contributed by atoms with Gasteiger partial charge >= 0.3 is 0 Å². The molecule has 16 aromatic rings. The van der Waals surface area contributed by atoms with Crippen LogP contribution in [0.2, 0.25) is 26.2 Å². The number of amides is 2. The average Bonchev–Trinajstić information content (AvgIpc) is 0.819. The van der Waals surface area contributed by atoms with E-state index in [-0.39, 0.29) is 56.4 Å². The Kier molecular flexibility index (Phi) is 50.3. The lowest BCUT2D eigenvalue weighted by Crippen LogP contribution is -2.52. The molecule has 0 aromatic heterocycles. The number of carbonyl (C=O) groups excluding carboxylic acids is 2. The molecule has 0 radical (unpaired) electrons. The zero-order chi connectivity index (χ0) is 98.3. The summed E-state index contributed by atoms with van der Waals surface area (Å²) in [7, 11) is -6.40. The van der Waals surface area contributed by atoms with E-state index in [1.807, 2.05) is 201 Å². The Labute approximate surface area is 855 Å². The van der Waals surface area contributed by atoms with Gasteiger partial charge in [0.1, 0.15) is 22.3 Å². The standard InChI is InChI=1S/2C17H20.2C16H20Si.2C15H15NO.C15H16O.C14H14O2S.6CH4/c1-12-5-7-16(9-14(12)3)11-17-8-6-13(2)15(4)10-17;1-12-5-7-14(3)16(9-12)11-17-10-13(2)6-8-15(17)4;1-13-7-5-9-15(11-13)17(3,4)16-10-6-8-14(2)12-16;1-13-8-10-15(11-9-13)17(3,4)16-7-5-6-14(2)12-16;1-11-3-7-13(8-4-11)15(17)16-14-9-5-12(2)6-10-14;1-11-6-8-13(9-7-11)15(17)16-14-5-3-4-12(2)10-14;1-11-5-3-7-13(9-11)15(16)14-8-4-6-12(2)10-14;1-11-3-7-13(8-4-11)17(15,16)14-9-5-12(2)6-10-14;;;;;;/h2*5-10H,11H2,1-4H3;2*5-12H,1-4H3;2*3-10H,1-2H3,(H,16,17);3-10,15-16H,1-2H3;3-10H,1-2H3;6*1H4. The molecule has 0 bridgehead atoms. The van der Waals surface area contributed by atoms with Crippen molar-refractivity contribution in [1.29, 1.82) is 0 Å². The van der Waals surface area contributed by atoms with Crippen LogP contribution >= 0.6 is 0 Å². The minimum absolute atomic E-state index is 0. The summed E-state index contributed by atoms with van der Waals surface area (Å²) in [6.45, 7) is 51.7. The van der Waals surface area contributed by atoms with Gasteiger partial charge in [-0.3, -0.25) is 9.59 Å². The molecule has 0 unspecified atom stereocenters. The number of aryl methyl sites for hydroxylation is 20. The largest absolute Gasteiger partial charge is 0.384 e. The van der Waals surface area contributed by atoms with Crippen LogP contribution in [0.1, 0.15) is 216 Å². The fraction of sp³-hybridized carbons (Fsp3) is 0.252. The molecule has 0 spiro atoms. The van der Waals surface area contributed by atoms with E-state index in [0.717, 1.165) is 63.2 Å². The van der Waals surface area contributed by atoms with Crippen molar-refractivity contribution in [2.75, 3.05) is 10.6 Å². The second-order valence-electron chi connectivity index (χ2n) is 37.5. The topological polar surface area (TPSA) is 113 Å². The summed E-state index contributed by atoms with van der Waals surface area (Å²) in [5, 5.41) is 22.0. The number of anilines is 2. The molecule has 7 nitrogen and oxygen atoms in total. The summed E-state index contributed by atoms with van der Waals surface area (Å²) in [5.74, 6) is -0.149. The zero-order valence-electron chi connectivity index (χ0n) is 84.1. The first-order valence-electron chi connectivity index (χ1n) is 46.7. The first-order valence-corrected chi connectivity index (χ1v) is 54.2. The van der Waals surface area contributed by atoms with Gasteiger partial charge in [0.05, 0.1) is 9.79 Å². The Morgan fingerprint density at radius 3 is 0.844 bits per heavy atom. The molecular formula is C131H164N2O5SSi2. The summed E-state index contributed by atoms with van der Waals surface area (Å²) in [6, 6.07) is 123. The third-order valence-electron chi connectivity index (χ3n) is 24.5. The Hall–Kier alpha value is -13.2. The van der Waals surface area contributed by atoms with Gasteiger partial charge in [-0.1, -0.05) is 455 Å². The molecule has 16 rings (SSSR count). The second kappa shape index (κ2) is 58.1. The van der Waals surface area contributed by atoms with Crippen molar-refractivity contribution in [3.05, 3.63) is 520 Å². The number of aliphatic hydroxyl groups is 1. The first-order chi connectivity index (χ1) is 64.1. The minimum Gasteiger partial charge on any atom is -0.384 e. The molecule has 16 aromatic carbocycles. The normalized spacial score (nSPS) is 10.3. The maximum absolute atomic E-state index is 12.3. The number of rotatable bonds is 16. The Bertz CT molecular complexity index is 6450. The van der Waals surface area contributed by atoms with Crippen LogP contribution in [-0.2, 0) is 22.7 Å². The molecule has 2 amide bonds. The van der Waals surface area contributed by atoms with Gasteiger partial charge in [-0.15, -0.1) is 0 Å². The number of sulfone groups is 1. The van der Waals surface area contributed by atoms with Crippen molar-refractivity contribution < 1.29 is 23.1 Å². The summed E-state index contributed by atoms with van der Waals surface area (Å²) in [6.07, 6.45) is 1.54. The molecule has 0 fully saturated rings. The lowest BCUT2D eigenvalue weighted by molar-refractivity contribution is 0.101. The van der Waals surface area contributed by atoms with E-state index in [0.29, 0.717) is 20.9 Å². The van der Waals surface area contributed by atoms with Gasteiger partial charge in [-0.2, -0.15) is 0 Å². The molecule has 742 valence electrons. The third kappa shape index (κ3) is 38.4. The number of hydrogen-bond acceptors (Lipinski definition) is 5. The van der Waals surface area contributed by atoms with Crippen molar-refractivity contribution >= 4 is 69.9 Å². The van der Waals surface area contributed by atoms with Crippen LogP contribution < -0.4 is 31.4 Å². The Morgan fingerprint density at radius 1 is 0.248 bits per heavy atom. The van der Waals surface area contributed by atoms with Gasteiger partial charge in [-0.05, 0) is 296 Å². The monoisotopic (exact) mass is 1930 g/mol. The predicted octanol–water partition coefficient (Wildman–Crippen LogP) is 32.7. The van der Waals surface area contributed by atoms with Gasteiger partial charge in [-0.25, -0.2) is 8.42 Å². The van der Waals surface area contributed by atoms with E-state index in [2.05, 4.69) is 290 Å². The molecule has 0 heterocycles. The highest BCUT2D eigenvalue weighted by Gasteiger charge is 2.28. The SMILES string of the molecule is C.C.C.C.C.C.Cc1ccc(C(=O)Nc2cccc(C)c2)cc1.Cc1ccc(C)c(Cc2cc(C)ccc2C)c1.Cc1ccc(Cc2ccc(C)c(C)c2)cc1C.Cc1ccc(NC(=O)c2ccc(C)cc2)cc1.Cc1ccc(S(=O)(=O)c2ccc(C)cc2)cc1.Cc1ccc([Si](C)(C)c2cccc(C)c2)cc1.Cc1cccc(C(O)c2cccc(C)c2)c1.Cc1cccc([Si](C)(C)c2cccc(C)c2)c1. The van der Waals surface area contributed by atoms with E-state index < -0.39 is 32.1 Å². The highest BCUT2D eigenvalue weighted by Crippen LogP contribution is 2.27. The van der Waals surface area contributed by atoms with Crippen LogP contribution in [0.5, 0.6) is 0 Å². The third-order valence-corrected chi connectivity index (χ3v) is 33.4. The number of aliphatic hydroxyl groups excluding tert-OH is 1. The van der Waals surface area contributed by atoms with E-state index >= 15 is 0 Å². The van der Waals surface area contributed by atoms with Gasteiger partial charge in [0.15, 0.2) is 0 Å². The van der Waals surface area contributed by atoms with Crippen molar-refractivity contribution in [2.45, 2.75) is 238 Å². The van der Waals surface area contributed by atoms with E-state index in [9.17, 15) is 23.1 Å². The van der Waals surface area contributed by atoms with Crippen molar-refractivity contribution in [3.8, 4) is 0 Å². The molecule has 3 N–H and O–H groups in total. The quantitative estimate of drug-likeness (QED) is 0.0835. The smallest absolute Gasteiger partial charge is 0.255 e. The number of carbonyl (C=O) groups is 2. The first kappa shape index (κ1) is 122. The van der Waals surface area contributed by atoms with Crippen LogP contribution in [0.15, 0.2) is 374 Å². The number of hydrogen-bond donors (Lipinski definition) is 3. The highest BCUT2D eigenvalue weighted by atomic mass is 32.2. The molecular weight excluding hydrogens is 1770 g/mol.